The van der Waals surface area contributed by atoms with Gasteiger partial charge in [-0.2, -0.15) is 5.10 Å². The summed E-state index contributed by atoms with van der Waals surface area (Å²) in [5.74, 6) is 5.49. The molecule has 0 aliphatic heterocycles. The third-order valence-corrected chi connectivity index (χ3v) is 2.13. The quantitative estimate of drug-likeness (QED) is 0.514. The van der Waals surface area contributed by atoms with Crippen molar-refractivity contribution in [2.45, 2.75) is 19.5 Å². The molecule has 1 aromatic rings. The number of likely N-dealkylation sites (N-methyl/N-ethyl adjacent to an activating group) is 1. The van der Waals surface area contributed by atoms with E-state index in [1.54, 1.807) is 0 Å². The van der Waals surface area contributed by atoms with Crippen molar-refractivity contribution in [3.8, 4) is 0 Å². The predicted molar refractivity (Wildman–Crippen MR) is 56.5 cm³/mol. The summed E-state index contributed by atoms with van der Waals surface area (Å²) in [6.45, 7) is 3.82. The van der Waals surface area contributed by atoms with E-state index in [1.807, 2.05) is 31.2 Å². The maximum absolute atomic E-state index is 5.49. The van der Waals surface area contributed by atoms with Crippen LogP contribution in [0.15, 0.2) is 12.4 Å². The molecule has 3 N–H and O–H groups in total. The molecule has 0 radical (unpaired) electrons. The van der Waals surface area contributed by atoms with Crippen LogP contribution in [0.5, 0.6) is 0 Å². The van der Waals surface area contributed by atoms with Crippen LogP contribution >= 0.6 is 0 Å². The van der Waals surface area contributed by atoms with E-state index in [2.05, 4.69) is 22.3 Å². The summed E-state index contributed by atoms with van der Waals surface area (Å²) >= 11 is 0. The molecule has 0 aliphatic carbocycles. The maximum Gasteiger partial charge on any atom is 0.0617 e. The topological polar surface area (TPSA) is 59.1 Å². The van der Waals surface area contributed by atoms with Crippen molar-refractivity contribution >= 4 is 0 Å². The molecule has 0 spiro atoms. The molecule has 1 aromatic heterocycles. The highest BCUT2D eigenvalue weighted by molar-refractivity contribution is 5.10. The van der Waals surface area contributed by atoms with Crippen LogP contribution in [0.1, 0.15) is 18.5 Å². The lowest BCUT2D eigenvalue weighted by Crippen LogP contribution is -2.35. The van der Waals surface area contributed by atoms with E-state index in [9.17, 15) is 0 Å². The van der Waals surface area contributed by atoms with Crippen molar-refractivity contribution in [1.82, 2.24) is 20.1 Å². The Labute approximate surface area is 84.8 Å². The summed E-state index contributed by atoms with van der Waals surface area (Å²) in [6, 6.07) is 0.144. The summed E-state index contributed by atoms with van der Waals surface area (Å²) in [5.41, 5.74) is 3.92. The van der Waals surface area contributed by atoms with Crippen molar-refractivity contribution in [1.29, 1.82) is 0 Å². The molecule has 0 aliphatic rings. The van der Waals surface area contributed by atoms with E-state index in [1.165, 1.54) is 0 Å². The lowest BCUT2D eigenvalue weighted by atomic mass is 10.1. The largest absolute Gasteiger partial charge is 0.307 e. The minimum absolute atomic E-state index is 0.144. The number of nitrogens with two attached hydrogens (primary N) is 1. The number of hydrazine groups is 1. The molecule has 0 bridgehead atoms. The molecule has 14 heavy (non-hydrogen) atoms. The molecule has 1 unspecified atom stereocenters. The van der Waals surface area contributed by atoms with Crippen LogP contribution < -0.4 is 11.3 Å². The van der Waals surface area contributed by atoms with Crippen LogP contribution in [0.4, 0.5) is 0 Å². The fourth-order valence-electron chi connectivity index (χ4n) is 1.35. The van der Waals surface area contributed by atoms with Gasteiger partial charge in [-0.3, -0.25) is 16.0 Å². The zero-order valence-corrected chi connectivity index (χ0v) is 9.07. The standard InChI is InChI=1S/C9H19N5/c1-4-14-6-8(5-11-14)9(12-10)7-13(2)3/h5-6,9,12H,4,7,10H2,1-3H3. The van der Waals surface area contributed by atoms with Gasteiger partial charge in [0.2, 0.25) is 0 Å². The van der Waals surface area contributed by atoms with Crippen molar-refractivity contribution in [2.24, 2.45) is 5.84 Å². The Hall–Kier alpha value is -0.910. The molecular weight excluding hydrogens is 178 g/mol. The van der Waals surface area contributed by atoms with Gasteiger partial charge in [-0.1, -0.05) is 0 Å². The molecule has 0 saturated heterocycles. The molecule has 1 heterocycles. The third kappa shape index (κ3) is 2.80. The second-order valence-electron chi connectivity index (χ2n) is 3.61. The molecule has 0 amide bonds. The Balaban J connectivity index is 2.68. The Morgan fingerprint density at radius 2 is 2.36 bits per heavy atom. The van der Waals surface area contributed by atoms with Gasteiger partial charge in [0.15, 0.2) is 0 Å². The third-order valence-electron chi connectivity index (χ3n) is 2.13. The highest BCUT2D eigenvalue weighted by atomic mass is 15.3. The molecule has 5 heteroatoms. The molecule has 1 atom stereocenters. The number of aromatic nitrogens is 2. The van der Waals surface area contributed by atoms with Gasteiger partial charge in [0.1, 0.15) is 0 Å². The average Bonchev–Trinajstić information content (AvgIpc) is 2.62. The number of rotatable bonds is 5. The van der Waals surface area contributed by atoms with Gasteiger partial charge in [-0.05, 0) is 21.0 Å². The number of nitrogens with zero attached hydrogens (tertiary/aromatic N) is 3. The second-order valence-corrected chi connectivity index (χ2v) is 3.61. The molecular formula is C9H19N5. The fraction of sp³-hybridized carbons (Fsp3) is 0.667. The van der Waals surface area contributed by atoms with E-state index >= 15 is 0 Å². The fourth-order valence-corrected chi connectivity index (χ4v) is 1.35. The number of nitrogens with one attached hydrogen (secondary N) is 1. The summed E-state index contributed by atoms with van der Waals surface area (Å²) < 4.78 is 1.90. The molecule has 5 nitrogen and oxygen atoms in total. The molecule has 0 fully saturated rings. The van der Waals surface area contributed by atoms with E-state index in [-0.39, 0.29) is 6.04 Å². The summed E-state index contributed by atoms with van der Waals surface area (Å²) in [4.78, 5) is 2.09. The van der Waals surface area contributed by atoms with Crippen LogP contribution in [0, 0.1) is 0 Å². The highest BCUT2D eigenvalue weighted by Crippen LogP contribution is 2.11. The van der Waals surface area contributed by atoms with E-state index < -0.39 is 0 Å². The van der Waals surface area contributed by atoms with Crippen molar-refractivity contribution in [2.75, 3.05) is 20.6 Å². The van der Waals surface area contributed by atoms with Crippen LogP contribution in [0.25, 0.3) is 0 Å². The Kier molecular flexibility index (Phi) is 4.06. The van der Waals surface area contributed by atoms with Crippen molar-refractivity contribution < 1.29 is 0 Å². The zero-order chi connectivity index (χ0) is 10.6. The van der Waals surface area contributed by atoms with Gasteiger partial charge in [0.05, 0.1) is 12.2 Å². The number of hydrogen-bond donors (Lipinski definition) is 2. The first-order valence-electron chi connectivity index (χ1n) is 4.80. The van der Waals surface area contributed by atoms with Crippen molar-refractivity contribution in [3.05, 3.63) is 18.0 Å². The summed E-state index contributed by atoms with van der Waals surface area (Å²) in [6.07, 6.45) is 3.88. The average molecular weight is 197 g/mol. The van der Waals surface area contributed by atoms with E-state index in [0.29, 0.717) is 0 Å². The minimum atomic E-state index is 0.144. The zero-order valence-electron chi connectivity index (χ0n) is 9.07. The van der Waals surface area contributed by atoms with Gasteiger partial charge in [-0.15, -0.1) is 0 Å². The van der Waals surface area contributed by atoms with Gasteiger partial charge in [-0.25, -0.2) is 0 Å². The van der Waals surface area contributed by atoms with E-state index in [4.69, 9.17) is 5.84 Å². The lowest BCUT2D eigenvalue weighted by molar-refractivity contribution is 0.344. The van der Waals surface area contributed by atoms with Crippen molar-refractivity contribution in [3.63, 3.8) is 0 Å². The van der Waals surface area contributed by atoms with Crippen LogP contribution in [0.3, 0.4) is 0 Å². The highest BCUT2D eigenvalue weighted by Gasteiger charge is 2.12. The Morgan fingerprint density at radius 3 is 2.79 bits per heavy atom. The van der Waals surface area contributed by atoms with Crippen LogP contribution in [-0.4, -0.2) is 35.3 Å². The van der Waals surface area contributed by atoms with Gasteiger partial charge >= 0.3 is 0 Å². The van der Waals surface area contributed by atoms with Gasteiger partial charge in [0.25, 0.3) is 0 Å². The van der Waals surface area contributed by atoms with E-state index in [0.717, 1.165) is 18.7 Å². The minimum Gasteiger partial charge on any atom is -0.307 e. The lowest BCUT2D eigenvalue weighted by Gasteiger charge is -2.18. The van der Waals surface area contributed by atoms with Crippen LogP contribution in [0.2, 0.25) is 0 Å². The second kappa shape index (κ2) is 5.09. The Morgan fingerprint density at radius 1 is 1.64 bits per heavy atom. The first kappa shape index (κ1) is 11.2. The van der Waals surface area contributed by atoms with Crippen LogP contribution in [-0.2, 0) is 6.54 Å². The summed E-state index contributed by atoms with van der Waals surface area (Å²) in [5, 5.41) is 4.21. The number of aryl methyl sites for hydroxylation is 1. The molecule has 80 valence electrons. The molecule has 1 rings (SSSR count). The monoisotopic (exact) mass is 197 g/mol. The maximum atomic E-state index is 5.49. The first-order valence-corrected chi connectivity index (χ1v) is 4.80. The molecule has 0 aromatic carbocycles. The molecule has 0 saturated carbocycles. The van der Waals surface area contributed by atoms with Gasteiger partial charge < -0.3 is 4.90 Å². The Bertz CT molecular complexity index is 268. The SMILES string of the molecule is CCn1cc(C(CN(C)C)NN)cn1. The number of hydrogen-bond acceptors (Lipinski definition) is 4. The first-order chi connectivity index (χ1) is 6.67. The normalized spacial score (nSPS) is 13.5. The predicted octanol–water partition coefficient (Wildman–Crippen LogP) is -0.0310. The smallest absolute Gasteiger partial charge is 0.0617 e. The summed E-state index contributed by atoms with van der Waals surface area (Å²) in [7, 11) is 4.04. The van der Waals surface area contributed by atoms with Gasteiger partial charge in [0, 0.05) is 24.8 Å².